The summed E-state index contributed by atoms with van der Waals surface area (Å²) in [5.41, 5.74) is 2.80. The van der Waals surface area contributed by atoms with Crippen molar-refractivity contribution in [1.82, 2.24) is 0 Å². The minimum atomic E-state index is -0.205. The Labute approximate surface area is 122 Å². The van der Waals surface area contributed by atoms with Gasteiger partial charge in [0.1, 0.15) is 11.2 Å². The highest BCUT2D eigenvalue weighted by Crippen LogP contribution is 2.29. The second-order valence-corrected chi connectivity index (χ2v) is 4.77. The molecule has 0 aliphatic carbocycles. The van der Waals surface area contributed by atoms with Crippen molar-refractivity contribution in [1.29, 1.82) is 0 Å². The van der Waals surface area contributed by atoms with E-state index in [0.29, 0.717) is 6.61 Å². The van der Waals surface area contributed by atoms with Gasteiger partial charge in [-0.2, -0.15) is 0 Å². The topological polar surface area (TPSA) is 39.4 Å². The Kier molecular flexibility index (Phi) is 3.73. The van der Waals surface area contributed by atoms with Crippen LogP contribution >= 0.6 is 0 Å². The van der Waals surface area contributed by atoms with Crippen molar-refractivity contribution in [2.24, 2.45) is 0 Å². The molecule has 0 aliphatic rings. The zero-order chi connectivity index (χ0) is 14.7. The first-order valence-electron chi connectivity index (χ1n) is 7.01. The third-order valence-electron chi connectivity index (χ3n) is 3.30. The minimum Gasteiger partial charge on any atom is -0.466 e. The monoisotopic (exact) mass is 280 g/mol. The van der Waals surface area contributed by atoms with E-state index in [1.54, 1.807) is 6.92 Å². The number of esters is 1. The van der Waals surface area contributed by atoms with Crippen LogP contribution in [0.25, 0.3) is 28.0 Å². The molecule has 0 saturated carbocycles. The van der Waals surface area contributed by atoms with E-state index in [-0.39, 0.29) is 12.4 Å². The van der Waals surface area contributed by atoms with Crippen molar-refractivity contribution < 1.29 is 13.9 Å². The van der Waals surface area contributed by atoms with E-state index in [0.717, 1.165) is 27.5 Å². The summed E-state index contributed by atoms with van der Waals surface area (Å²) in [4.78, 5) is 11.3. The Morgan fingerprint density at radius 1 is 1.14 bits per heavy atom. The second-order valence-electron chi connectivity index (χ2n) is 4.77. The summed E-state index contributed by atoms with van der Waals surface area (Å²) in [6.07, 6.45) is 4.04. The van der Waals surface area contributed by atoms with E-state index in [4.69, 9.17) is 9.15 Å². The van der Waals surface area contributed by atoms with Gasteiger partial charge in [0.05, 0.1) is 13.0 Å². The molecule has 1 heterocycles. The lowest BCUT2D eigenvalue weighted by Crippen LogP contribution is -2.01. The zero-order valence-corrected chi connectivity index (χ0v) is 11.8. The van der Waals surface area contributed by atoms with Gasteiger partial charge in [0.2, 0.25) is 0 Å². The van der Waals surface area contributed by atoms with Crippen LogP contribution < -0.4 is 0 Å². The van der Waals surface area contributed by atoms with Gasteiger partial charge in [0, 0.05) is 10.8 Å². The fourth-order valence-corrected chi connectivity index (χ4v) is 2.36. The summed E-state index contributed by atoms with van der Waals surface area (Å²) in [6.45, 7) is 2.22. The highest BCUT2D eigenvalue weighted by molar-refractivity contribution is 6.05. The average molecular weight is 280 g/mol. The number of para-hydroxylation sites is 1. The predicted molar refractivity (Wildman–Crippen MR) is 84.0 cm³/mol. The molecule has 0 radical (unpaired) electrons. The second kappa shape index (κ2) is 5.83. The van der Waals surface area contributed by atoms with Crippen LogP contribution in [0.1, 0.15) is 18.9 Å². The first kappa shape index (κ1) is 13.4. The lowest BCUT2D eigenvalue weighted by atomic mass is 10.1. The van der Waals surface area contributed by atoms with Crippen LogP contribution in [-0.2, 0) is 9.53 Å². The molecule has 3 aromatic rings. The van der Waals surface area contributed by atoms with Gasteiger partial charge in [0.15, 0.2) is 0 Å². The Bertz CT molecular complexity index is 812. The van der Waals surface area contributed by atoms with Gasteiger partial charge < -0.3 is 9.15 Å². The normalized spacial score (nSPS) is 11.5. The fourth-order valence-electron chi connectivity index (χ4n) is 2.36. The van der Waals surface area contributed by atoms with Crippen molar-refractivity contribution in [3.8, 4) is 0 Å². The minimum absolute atomic E-state index is 0.205. The van der Waals surface area contributed by atoms with Gasteiger partial charge in [-0.15, -0.1) is 0 Å². The Morgan fingerprint density at radius 2 is 1.95 bits per heavy atom. The van der Waals surface area contributed by atoms with E-state index in [1.165, 1.54) is 0 Å². The Morgan fingerprint density at radius 3 is 2.81 bits per heavy atom. The molecule has 21 heavy (non-hydrogen) atoms. The molecule has 2 aromatic carbocycles. The third kappa shape index (κ3) is 2.82. The zero-order valence-electron chi connectivity index (χ0n) is 11.8. The van der Waals surface area contributed by atoms with Crippen molar-refractivity contribution in [2.75, 3.05) is 6.61 Å². The van der Waals surface area contributed by atoms with Crippen LogP contribution in [0.3, 0.4) is 0 Å². The largest absolute Gasteiger partial charge is 0.466 e. The molecular weight excluding hydrogens is 264 g/mol. The van der Waals surface area contributed by atoms with Gasteiger partial charge in [-0.1, -0.05) is 36.4 Å². The molecule has 0 unspecified atom stereocenters. The number of ether oxygens (including phenoxy) is 1. The number of furan rings is 1. The molecule has 0 aliphatic heterocycles. The van der Waals surface area contributed by atoms with E-state index < -0.39 is 0 Å². The molecule has 0 amide bonds. The molecule has 0 bridgehead atoms. The summed E-state index contributed by atoms with van der Waals surface area (Å²) in [7, 11) is 0. The van der Waals surface area contributed by atoms with E-state index in [2.05, 4.69) is 6.07 Å². The standard InChI is InChI=1S/C18H16O3/c1-2-20-18(19)9-5-6-13-10-11-17-15(12-13)14-7-3-4-8-16(14)21-17/h3-8,10-12H,2,9H2,1H3. The van der Waals surface area contributed by atoms with Crippen LogP contribution in [0.5, 0.6) is 0 Å². The Balaban J connectivity index is 1.88. The van der Waals surface area contributed by atoms with Crippen LogP contribution in [0, 0.1) is 0 Å². The predicted octanol–water partition coefficient (Wildman–Crippen LogP) is 4.55. The van der Waals surface area contributed by atoms with Crippen LogP contribution in [0.2, 0.25) is 0 Å². The fraction of sp³-hybridized carbons (Fsp3) is 0.167. The molecule has 0 saturated heterocycles. The molecule has 3 rings (SSSR count). The van der Waals surface area contributed by atoms with Crippen molar-refractivity contribution in [2.45, 2.75) is 13.3 Å². The van der Waals surface area contributed by atoms with Crippen molar-refractivity contribution in [3.63, 3.8) is 0 Å². The van der Waals surface area contributed by atoms with Gasteiger partial charge in [-0.25, -0.2) is 0 Å². The maximum atomic E-state index is 11.3. The summed E-state index contributed by atoms with van der Waals surface area (Å²) >= 11 is 0. The lowest BCUT2D eigenvalue weighted by Gasteiger charge is -1.97. The molecule has 0 spiro atoms. The lowest BCUT2D eigenvalue weighted by molar-refractivity contribution is -0.142. The van der Waals surface area contributed by atoms with Gasteiger partial charge in [-0.3, -0.25) is 4.79 Å². The molecule has 0 N–H and O–H groups in total. The smallest absolute Gasteiger partial charge is 0.309 e. The SMILES string of the molecule is CCOC(=O)CC=Cc1ccc2oc3ccccc3c2c1. The van der Waals surface area contributed by atoms with Crippen LogP contribution in [-0.4, -0.2) is 12.6 Å². The van der Waals surface area contributed by atoms with E-state index in [1.807, 2.05) is 48.6 Å². The number of carbonyl (C=O) groups excluding carboxylic acids is 1. The number of rotatable bonds is 4. The molecule has 106 valence electrons. The summed E-state index contributed by atoms with van der Waals surface area (Å²) < 4.78 is 10.7. The molecular formula is C18H16O3. The van der Waals surface area contributed by atoms with Gasteiger partial charge in [-0.05, 0) is 30.7 Å². The molecule has 3 heteroatoms. The number of benzene rings is 2. The van der Waals surface area contributed by atoms with Gasteiger partial charge >= 0.3 is 5.97 Å². The van der Waals surface area contributed by atoms with Crippen LogP contribution in [0.4, 0.5) is 0 Å². The maximum absolute atomic E-state index is 11.3. The highest BCUT2D eigenvalue weighted by Gasteiger charge is 2.05. The summed E-state index contributed by atoms with van der Waals surface area (Å²) in [5.74, 6) is -0.205. The molecule has 0 fully saturated rings. The maximum Gasteiger partial charge on any atom is 0.309 e. The first-order chi connectivity index (χ1) is 10.3. The van der Waals surface area contributed by atoms with Gasteiger partial charge in [0.25, 0.3) is 0 Å². The van der Waals surface area contributed by atoms with E-state index in [9.17, 15) is 4.79 Å². The third-order valence-corrected chi connectivity index (χ3v) is 3.30. The number of carbonyl (C=O) groups is 1. The molecule has 0 atom stereocenters. The quantitative estimate of drug-likeness (QED) is 0.658. The highest BCUT2D eigenvalue weighted by atomic mass is 16.5. The number of hydrogen-bond donors (Lipinski definition) is 0. The first-order valence-corrected chi connectivity index (χ1v) is 7.01. The number of fused-ring (bicyclic) bond motifs is 3. The average Bonchev–Trinajstić information content (AvgIpc) is 2.86. The van der Waals surface area contributed by atoms with Crippen molar-refractivity contribution in [3.05, 3.63) is 54.1 Å². The summed E-state index contributed by atoms with van der Waals surface area (Å²) in [5, 5.41) is 2.19. The van der Waals surface area contributed by atoms with E-state index >= 15 is 0 Å². The number of hydrogen-bond acceptors (Lipinski definition) is 3. The summed E-state index contributed by atoms with van der Waals surface area (Å²) in [6, 6.07) is 14.0. The Hall–Kier alpha value is -2.55. The van der Waals surface area contributed by atoms with Crippen molar-refractivity contribution >= 4 is 34.0 Å². The molecule has 3 nitrogen and oxygen atoms in total. The molecule has 1 aromatic heterocycles. The van der Waals surface area contributed by atoms with Crippen LogP contribution in [0.15, 0.2) is 53.0 Å².